The van der Waals surface area contributed by atoms with E-state index in [0.717, 1.165) is 17.8 Å². The van der Waals surface area contributed by atoms with Gasteiger partial charge in [-0.25, -0.2) is 9.97 Å². The summed E-state index contributed by atoms with van der Waals surface area (Å²) in [7, 11) is 1.62. The van der Waals surface area contributed by atoms with Crippen LogP contribution in [0.1, 0.15) is 18.1 Å². The van der Waals surface area contributed by atoms with Crippen LogP contribution in [0.15, 0.2) is 23.2 Å². The van der Waals surface area contributed by atoms with E-state index in [1.807, 2.05) is 6.92 Å². The van der Waals surface area contributed by atoms with Crippen molar-refractivity contribution >= 4 is 17.2 Å². The summed E-state index contributed by atoms with van der Waals surface area (Å²) >= 11 is 1.72. The Balaban J connectivity index is 2.05. The second kappa shape index (κ2) is 5.82. The van der Waals surface area contributed by atoms with Crippen molar-refractivity contribution in [1.82, 2.24) is 9.97 Å². The molecule has 0 spiro atoms. The van der Waals surface area contributed by atoms with Crippen LogP contribution in [0, 0.1) is 6.92 Å². The van der Waals surface area contributed by atoms with Gasteiger partial charge in [0.25, 0.3) is 0 Å². The van der Waals surface area contributed by atoms with Gasteiger partial charge in [-0.15, -0.1) is 0 Å². The molecule has 1 atom stereocenters. The number of hydrogen-bond acceptors (Lipinski definition) is 5. The molecule has 0 amide bonds. The first-order chi connectivity index (χ1) is 8.70. The zero-order chi connectivity index (χ0) is 13.0. The van der Waals surface area contributed by atoms with Gasteiger partial charge in [-0.05, 0) is 42.7 Å². The van der Waals surface area contributed by atoms with Crippen molar-refractivity contribution in [2.45, 2.75) is 26.3 Å². The number of thiophene rings is 1. The molecule has 2 heterocycles. The quantitative estimate of drug-likeness (QED) is 0.901. The Hall–Kier alpha value is -1.62. The van der Waals surface area contributed by atoms with Crippen LogP contribution in [0.5, 0.6) is 5.88 Å². The average molecular weight is 263 g/mol. The van der Waals surface area contributed by atoms with Gasteiger partial charge in [-0.2, -0.15) is 11.3 Å². The summed E-state index contributed by atoms with van der Waals surface area (Å²) < 4.78 is 5.18. The summed E-state index contributed by atoms with van der Waals surface area (Å²) in [6.45, 7) is 4.10. The summed E-state index contributed by atoms with van der Waals surface area (Å²) in [5.41, 5.74) is 2.29. The Morgan fingerprint density at radius 1 is 1.44 bits per heavy atom. The van der Waals surface area contributed by atoms with Crippen LogP contribution in [-0.2, 0) is 6.42 Å². The van der Waals surface area contributed by atoms with Crippen molar-refractivity contribution in [2.75, 3.05) is 12.4 Å². The molecule has 0 aliphatic carbocycles. The van der Waals surface area contributed by atoms with Gasteiger partial charge in [-0.1, -0.05) is 0 Å². The van der Waals surface area contributed by atoms with Gasteiger partial charge in [0.05, 0.1) is 12.7 Å². The van der Waals surface area contributed by atoms with Crippen LogP contribution in [0.3, 0.4) is 0 Å². The molecule has 2 rings (SSSR count). The highest BCUT2D eigenvalue weighted by atomic mass is 32.1. The minimum absolute atomic E-state index is 0.318. The summed E-state index contributed by atoms with van der Waals surface area (Å²) in [5, 5.41) is 7.67. The first kappa shape index (κ1) is 12.8. The van der Waals surface area contributed by atoms with Gasteiger partial charge in [-0.3, -0.25) is 0 Å². The van der Waals surface area contributed by atoms with E-state index in [1.165, 1.54) is 11.9 Å². The minimum Gasteiger partial charge on any atom is -0.481 e. The largest absolute Gasteiger partial charge is 0.481 e. The van der Waals surface area contributed by atoms with E-state index in [-0.39, 0.29) is 0 Å². The second-order valence-corrected chi connectivity index (χ2v) is 5.02. The lowest BCUT2D eigenvalue weighted by atomic mass is 10.1. The lowest BCUT2D eigenvalue weighted by Crippen LogP contribution is -2.19. The van der Waals surface area contributed by atoms with E-state index >= 15 is 0 Å². The molecule has 0 saturated carbocycles. The molecule has 0 fully saturated rings. The van der Waals surface area contributed by atoms with Crippen molar-refractivity contribution < 1.29 is 4.74 Å². The molecule has 0 bridgehead atoms. The SMILES string of the molecule is COc1ncnc(NC(C)Cc2ccsc2)c1C. The summed E-state index contributed by atoms with van der Waals surface area (Å²) in [6, 6.07) is 2.47. The van der Waals surface area contributed by atoms with Gasteiger partial charge in [0.15, 0.2) is 0 Å². The molecule has 96 valence electrons. The number of rotatable bonds is 5. The first-order valence-electron chi connectivity index (χ1n) is 5.84. The molecule has 5 heteroatoms. The average Bonchev–Trinajstić information content (AvgIpc) is 2.84. The number of hydrogen-bond donors (Lipinski definition) is 1. The Morgan fingerprint density at radius 3 is 2.94 bits per heavy atom. The maximum Gasteiger partial charge on any atom is 0.221 e. The highest BCUT2D eigenvalue weighted by Crippen LogP contribution is 2.21. The van der Waals surface area contributed by atoms with E-state index in [0.29, 0.717) is 11.9 Å². The monoisotopic (exact) mass is 263 g/mol. The molecule has 0 aliphatic heterocycles. The molecule has 18 heavy (non-hydrogen) atoms. The second-order valence-electron chi connectivity index (χ2n) is 4.24. The van der Waals surface area contributed by atoms with Crippen molar-refractivity contribution in [3.05, 3.63) is 34.3 Å². The van der Waals surface area contributed by atoms with Crippen LogP contribution >= 0.6 is 11.3 Å². The predicted molar refractivity (Wildman–Crippen MR) is 74.4 cm³/mol. The smallest absolute Gasteiger partial charge is 0.221 e. The molecular weight excluding hydrogens is 246 g/mol. The van der Waals surface area contributed by atoms with Gasteiger partial charge in [0, 0.05) is 6.04 Å². The molecule has 1 unspecified atom stereocenters. The third-order valence-corrected chi connectivity index (χ3v) is 3.47. The minimum atomic E-state index is 0.318. The van der Waals surface area contributed by atoms with E-state index in [4.69, 9.17) is 4.74 Å². The zero-order valence-corrected chi connectivity index (χ0v) is 11.6. The molecule has 0 radical (unpaired) electrons. The normalized spacial score (nSPS) is 12.2. The Labute approximate surface area is 111 Å². The molecule has 1 N–H and O–H groups in total. The molecule has 0 saturated heterocycles. The van der Waals surface area contributed by atoms with E-state index in [1.54, 1.807) is 18.4 Å². The lowest BCUT2D eigenvalue weighted by Gasteiger charge is -2.16. The summed E-state index contributed by atoms with van der Waals surface area (Å²) in [4.78, 5) is 8.33. The van der Waals surface area contributed by atoms with Crippen molar-refractivity contribution in [3.8, 4) is 5.88 Å². The third kappa shape index (κ3) is 2.98. The summed E-state index contributed by atoms with van der Waals surface area (Å²) in [5.74, 6) is 1.46. The van der Waals surface area contributed by atoms with Crippen molar-refractivity contribution in [3.63, 3.8) is 0 Å². The van der Waals surface area contributed by atoms with Gasteiger partial charge < -0.3 is 10.1 Å². The third-order valence-electron chi connectivity index (χ3n) is 2.74. The van der Waals surface area contributed by atoms with Crippen molar-refractivity contribution in [2.24, 2.45) is 0 Å². The fraction of sp³-hybridized carbons (Fsp3) is 0.385. The van der Waals surface area contributed by atoms with Crippen LogP contribution in [0.4, 0.5) is 5.82 Å². The van der Waals surface area contributed by atoms with Gasteiger partial charge in [0.1, 0.15) is 12.1 Å². The fourth-order valence-electron chi connectivity index (χ4n) is 1.83. The van der Waals surface area contributed by atoms with E-state index in [2.05, 4.69) is 39.0 Å². The van der Waals surface area contributed by atoms with E-state index in [9.17, 15) is 0 Å². The molecular formula is C13H17N3OS. The van der Waals surface area contributed by atoms with Crippen LogP contribution in [0.2, 0.25) is 0 Å². The van der Waals surface area contributed by atoms with Crippen LogP contribution in [-0.4, -0.2) is 23.1 Å². The molecule has 0 aromatic carbocycles. The predicted octanol–water partition coefficient (Wildman–Crippen LogP) is 2.90. The Bertz CT molecular complexity index is 499. The van der Waals surface area contributed by atoms with Gasteiger partial charge in [0.2, 0.25) is 5.88 Å². The molecule has 2 aromatic rings. The number of ether oxygens (including phenoxy) is 1. The maximum atomic E-state index is 5.18. The van der Waals surface area contributed by atoms with Crippen LogP contribution in [0.25, 0.3) is 0 Å². The fourth-order valence-corrected chi connectivity index (χ4v) is 2.51. The zero-order valence-electron chi connectivity index (χ0n) is 10.8. The number of nitrogens with zero attached hydrogens (tertiary/aromatic N) is 2. The number of aromatic nitrogens is 2. The standard InChI is InChI=1S/C13H17N3OS/c1-9(6-11-4-5-18-7-11)16-12-10(2)13(17-3)15-8-14-12/h4-5,7-9H,6H2,1-3H3,(H,14,15,16). The van der Waals surface area contributed by atoms with Gasteiger partial charge >= 0.3 is 0 Å². The lowest BCUT2D eigenvalue weighted by molar-refractivity contribution is 0.393. The summed E-state index contributed by atoms with van der Waals surface area (Å²) in [6.07, 6.45) is 2.50. The van der Waals surface area contributed by atoms with Crippen LogP contribution < -0.4 is 10.1 Å². The van der Waals surface area contributed by atoms with E-state index < -0.39 is 0 Å². The number of methoxy groups -OCH3 is 1. The Morgan fingerprint density at radius 2 is 2.28 bits per heavy atom. The topological polar surface area (TPSA) is 47.0 Å². The molecule has 0 aliphatic rings. The number of anilines is 1. The van der Waals surface area contributed by atoms with Crippen molar-refractivity contribution in [1.29, 1.82) is 0 Å². The number of nitrogens with one attached hydrogen (secondary N) is 1. The molecule has 4 nitrogen and oxygen atoms in total. The highest BCUT2D eigenvalue weighted by Gasteiger charge is 2.10. The maximum absolute atomic E-state index is 5.18. The Kier molecular flexibility index (Phi) is 4.15. The molecule has 2 aromatic heterocycles. The highest BCUT2D eigenvalue weighted by molar-refractivity contribution is 7.07. The first-order valence-corrected chi connectivity index (χ1v) is 6.78.